The average Bonchev–Trinajstić information content (AvgIpc) is 2.69. The molecule has 0 aromatic rings. The van der Waals surface area contributed by atoms with Crippen molar-refractivity contribution in [2.24, 2.45) is 15.6 Å². The second-order valence-corrected chi connectivity index (χ2v) is 6.96. The van der Waals surface area contributed by atoms with E-state index in [-0.39, 0.29) is 13.1 Å². The smallest absolute Gasteiger partial charge is 0.0334 e. The molecule has 0 aromatic heterocycles. The van der Waals surface area contributed by atoms with Crippen LogP contribution in [0.15, 0.2) is 10.2 Å². The predicted octanol–water partition coefficient (Wildman–Crippen LogP) is 7.32. The zero-order valence-electron chi connectivity index (χ0n) is 17.1. The standard InChI is InChI=1S/C21H34N6/c1-3-5-7-9-11-13-15-17-21(19-24-26-22,20-25-27-23)18-16-14-12-10-8-6-4-2/h3-12,17-20H2,1-2H3. The molecule has 0 aromatic carbocycles. The lowest BCUT2D eigenvalue weighted by Gasteiger charge is -2.26. The second kappa shape index (κ2) is 18.5. The monoisotopic (exact) mass is 370 g/mol. The molecule has 0 aliphatic heterocycles. The highest BCUT2D eigenvalue weighted by molar-refractivity contribution is 5.10. The molecule has 27 heavy (non-hydrogen) atoms. The zero-order valence-corrected chi connectivity index (χ0v) is 17.1. The minimum Gasteiger partial charge on any atom is -0.103 e. The molecule has 0 N–H and O–H groups in total. The molecule has 0 radical (unpaired) electrons. The van der Waals surface area contributed by atoms with Gasteiger partial charge in [0.15, 0.2) is 0 Å². The SMILES string of the molecule is CCCCCCC#CCC(CC#CCCCCCC)(CN=[N+]=[N-])CN=[N+]=[N-]. The van der Waals surface area contributed by atoms with E-state index in [0.717, 1.165) is 25.7 Å². The highest BCUT2D eigenvalue weighted by Crippen LogP contribution is 2.28. The van der Waals surface area contributed by atoms with Gasteiger partial charge >= 0.3 is 0 Å². The average molecular weight is 371 g/mol. The van der Waals surface area contributed by atoms with Gasteiger partial charge < -0.3 is 0 Å². The fraction of sp³-hybridized carbons (Fsp3) is 0.810. The van der Waals surface area contributed by atoms with Crippen LogP contribution in [0.25, 0.3) is 20.9 Å². The molecule has 0 saturated heterocycles. The number of unbranched alkanes of at least 4 members (excludes halogenated alkanes) is 8. The first-order chi connectivity index (χ1) is 13.2. The van der Waals surface area contributed by atoms with Crippen LogP contribution in [0, 0.1) is 29.1 Å². The molecule has 0 fully saturated rings. The summed E-state index contributed by atoms with van der Waals surface area (Å²) >= 11 is 0. The van der Waals surface area contributed by atoms with Crippen LogP contribution in [0.1, 0.15) is 90.9 Å². The molecule has 6 heteroatoms. The van der Waals surface area contributed by atoms with Gasteiger partial charge in [0.25, 0.3) is 0 Å². The normalized spacial score (nSPS) is 9.85. The zero-order chi connectivity index (χ0) is 20.1. The second-order valence-electron chi connectivity index (χ2n) is 6.96. The molecule has 0 heterocycles. The molecule has 0 aliphatic rings. The van der Waals surface area contributed by atoms with E-state index < -0.39 is 5.41 Å². The van der Waals surface area contributed by atoms with Crippen LogP contribution < -0.4 is 0 Å². The Balaban J connectivity index is 4.85. The number of azide groups is 2. The van der Waals surface area contributed by atoms with E-state index in [4.69, 9.17) is 11.1 Å². The molecule has 148 valence electrons. The number of hydrogen-bond donors (Lipinski definition) is 0. The maximum Gasteiger partial charge on any atom is 0.0334 e. The van der Waals surface area contributed by atoms with Gasteiger partial charge in [-0.2, -0.15) is 0 Å². The Bertz CT molecular complexity index is 538. The largest absolute Gasteiger partial charge is 0.103 e. The van der Waals surface area contributed by atoms with Crippen molar-refractivity contribution in [1.29, 1.82) is 0 Å². The molecular weight excluding hydrogens is 336 g/mol. The van der Waals surface area contributed by atoms with Crippen molar-refractivity contribution < 1.29 is 0 Å². The minimum atomic E-state index is -0.495. The maximum atomic E-state index is 8.72. The third-order valence-corrected chi connectivity index (χ3v) is 4.43. The van der Waals surface area contributed by atoms with Crippen LogP contribution in [-0.2, 0) is 0 Å². The van der Waals surface area contributed by atoms with Crippen molar-refractivity contribution in [2.45, 2.75) is 90.9 Å². The Kier molecular flexibility index (Phi) is 17.0. The van der Waals surface area contributed by atoms with Crippen LogP contribution in [0.3, 0.4) is 0 Å². The van der Waals surface area contributed by atoms with Crippen molar-refractivity contribution in [3.05, 3.63) is 20.9 Å². The van der Waals surface area contributed by atoms with Crippen molar-refractivity contribution in [2.75, 3.05) is 13.1 Å². The van der Waals surface area contributed by atoms with Gasteiger partial charge in [-0.15, -0.1) is 23.7 Å². The first-order valence-electron chi connectivity index (χ1n) is 10.2. The molecule has 0 spiro atoms. The predicted molar refractivity (Wildman–Crippen MR) is 113 cm³/mol. The summed E-state index contributed by atoms with van der Waals surface area (Å²) in [5, 5.41) is 7.48. The topological polar surface area (TPSA) is 97.5 Å². The van der Waals surface area contributed by atoms with Gasteiger partial charge in [0.05, 0.1) is 0 Å². The Morgan fingerprint density at radius 1 is 0.667 bits per heavy atom. The summed E-state index contributed by atoms with van der Waals surface area (Å²) < 4.78 is 0. The third kappa shape index (κ3) is 14.6. The minimum absolute atomic E-state index is 0.248. The molecule has 0 unspecified atom stereocenters. The Morgan fingerprint density at radius 3 is 1.48 bits per heavy atom. The maximum absolute atomic E-state index is 8.72. The van der Waals surface area contributed by atoms with Crippen LogP contribution in [0.4, 0.5) is 0 Å². The first-order valence-corrected chi connectivity index (χ1v) is 10.2. The van der Waals surface area contributed by atoms with Gasteiger partial charge in [0.2, 0.25) is 0 Å². The molecule has 0 rings (SSSR count). The lowest BCUT2D eigenvalue weighted by atomic mass is 9.81. The van der Waals surface area contributed by atoms with Gasteiger partial charge in [-0.25, -0.2) is 0 Å². The fourth-order valence-corrected chi connectivity index (χ4v) is 2.66. The molecule has 6 nitrogen and oxygen atoms in total. The number of rotatable bonds is 14. The fourth-order valence-electron chi connectivity index (χ4n) is 2.66. The Morgan fingerprint density at radius 2 is 1.11 bits per heavy atom. The van der Waals surface area contributed by atoms with Gasteiger partial charge in [-0.1, -0.05) is 62.6 Å². The summed E-state index contributed by atoms with van der Waals surface area (Å²) in [4.78, 5) is 5.76. The van der Waals surface area contributed by atoms with Crippen molar-refractivity contribution in [1.82, 2.24) is 0 Å². The lowest BCUT2D eigenvalue weighted by Crippen LogP contribution is -2.27. The van der Waals surface area contributed by atoms with Gasteiger partial charge in [-0.3, -0.25) is 0 Å². The van der Waals surface area contributed by atoms with Crippen molar-refractivity contribution >= 4 is 0 Å². The number of hydrogen-bond acceptors (Lipinski definition) is 2. The molecule has 0 amide bonds. The van der Waals surface area contributed by atoms with Gasteiger partial charge in [0, 0.05) is 54.0 Å². The van der Waals surface area contributed by atoms with E-state index in [2.05, 4.69) is 57.6 Å². The van der Waals surface area contributed by atoms with E-state index in [0.29, 0.717) is 12.8 Å². The van der Waals surface area contributed by atoms with Crippen LogP contribution >= 0.6 is 0 Å². The Hall–Kier alpha value is -2.26. The summed E-state index contributed by atoms with van der Waals surface area (Å²) in [5.74, 6) is 12.8. The highest BCUT2D eigenvalue weighted by Gasteiger charge is 2.27. The number of nitrogens with zero attached hydrogens (tertiary/aromatic N) is 6. The van der Waals surface area contributed by atoms with E-state index >= 15 is 0 Å². The quantitative estimate of drug-likeness (QED) is 0.101. The summed E-state index contributed by atoms with van der Waals surface area (Å²) in [6.07, 6.45) is 12.4. The van der Waals surface area contributed by atoms with Crippen molar-refractivity contribution in [3.8, 4) is 23.7 Å². The van der Waals surface area contributed by atoms with E-state index in [1.54, 1.807) is 0 Å². The van der Waals surface area contributed by atoms with Gasteiger partial charge in [0.1, 0.15) is 0 Å². The van der Waals surface area contributed by atoms with E-state index in [1.807, 2.05) is 0 Å². The van der Waals surface area contributed by atoms with Crippen LogP contribution in [0.2, 0.25) is 0 Å². The molecular formula is C21H34N6. The molecule has 0 aliphatic carbocycles. The summed E-state index contributed by atoms with van der Waals surface area (Å²) in [7, 11) is 0. The Labute approximate surface area is 164 Å². The third-order valence-electron chi connectivity index (χ3n) is 4.43. The summed E-state index contributed by atoms with van der Waals surface area (Å²) in [6, 6.07) is 0. The molecule has 0 saturated carbocycles. The van der Waals surface area contributed by atoms with Crippen LogP contribution in [-0.4, -0.2) is 13.1 Å². The van der Waals surface area contributed by atoms with Crippen LogP contribution in [0.5, 0.6) is 0 Å². The summed E-state index contributed by atoms with van der Waals surface area (Å²) in [5.41, 5.74) is 16.9. The first kappa shape index (κ1) is 24.7. The van der Waals surface area contributed by atoms with E-state index in [1.165, 1.54) is 38.5 Å². The summed E-state index contributed by atoms with van der Waals surface area (Å²) in [6.45, 7) is 4.88. The van der Waals surface area contributed by atoms with Crippen molar-refractivity contribution in [3.63, 3.8) is 0 Å². The molecule has 0 bridgehead atoms. The van der Waals surface area contributed by atoms with E-state index in [9.17, 15) is 0 Å². The van der Waals surface area contributed by atoms with Gasteiger partial charge in [-0.05, 0) is 23.9 Å². The molecule has 0 atom stereocenters. The highest BCUT2D eigenvalue weighted by atomic mass is 15.2. The lowest BCUT2D eigenvalue weighted by molar-refractivity contribution is 0.327.